The van der Waals surface area contributed by atoms with Crippen LogP contribution in [0.1, 0.15) is 27.0 Å². The van der Waals surface area contributed by atoms with Gasteiger partial charge in [0.25, 0.3) is 0 Å². The van der Waals surface area contributed by atoms with Crippen LogP contribution in [0.15, 0.2) is 78.9 Å². The van der Waals surface area contributed by atoms with E-state index in [0.29, 0.717) is 5.56 Å². The Morgan fingerprint density at radius 2 is 1.76 bits per heavy atom. The third kappa shape index (κ3) is 5.72. The molecular weight excluding hydrogens is 434 g/mol. The minimum Gasteiger partial charge on any atom is -0.497 e. The van der Waals surface area contributed by atoms with E-state index >= 15 is 0 Å². The number of rotatable bonds is 8. The molecule has 0 spiro atoms. The smallest absolute Gasteiger partial charge is 0.335 e. The summed E-state index contributed by atoms with van der Waals surface area (Å²) in [4.78, 5) is 11.6. The van der Waals surface area contributed by atoms with Crippen LogP contribution >= 0.6 is 12.4 Å². The fourth-order valence-electron chi connectivity index (χ4n) is 4.03. The van der Waals surface area contributed by atoms with E-state index in [4.69, 9.17) is 4.74 Å². The number of carboxylic acids is 1. The molecule has 4 nitrogen and oxygen atoms in total. The van der Waals surface area contributed by atoms with Crippen molar-refractivity contribution in [1.82, 2.24) is 5.32 Å². The number of aromatic carboxylic acids is 1. The van der Waals surface area contributed by atoms with Crippen molar-refractivity contribution < 1.29 is 14.6 Å². The second-order valence-electron chi connectivity index (χ2n) is 7.98. The largest absolute Gasteiger partial charge is 0.497 e. The summed E-state index contributed by atoms with van der Waals surface area (Å²) in [6.07, 6.45) is 0.914. The summed E-state index contributed by atoms with van der Waals surface area (Å²) in [5.74, 6) is -0.0236. The van der Waals surface area contributed by atoms with Crippen molar-refractivity contribution in [3.8, 4) is 16.9 Å². The molecule has 0 aliphatic heterocycles. The van der Waals surface area contributed by atoms with Gasteiger partial charge >= 0.3 is 5.97 Å². The van der Waals surface area contributed by atoms with Gasteiger partial charge < -0.3 is 15.2 Å². The number of hydrogen-bond donors (Lipinski definition) is 2. The van der Waals surface area contributed by atoms with Gasteiger partial charge in [-0.1, -0.05) is 48.5 Å². The van der Waals surface area contributed by atoms with Crippen molar-refractivity contribution in [3.05, 3.63) is 101 Å². The molecule has 0 aliphatic rings. The van der Waals surface area contributed by atoms with E-state index in [1.165, 1.54) is 11.1 Å². The Bertz CT molecular complexity index is 1270. The van der Waals surface area contributed by atoms with Crippen LogP contribution < -0.4 is 10.1 Å². The van der Waals surface area contributed by atoms with Crippen LogP contribution in [0.2, 0.25) is 0 Å². The zero-order chi connectivity index (χ0) is 22.5. The zero-order valence-electron chi connectivity index (χ0n) is 18.8. The van der Waals surface area contributed by atoms with Gasteiger partial charge in [0, 0.05) is 6.54 Å². The van der Waals surface area contributed by atoms with Gasteiger partial charge in [-0.25, -0.2) is 4.79 Å². The predicted octanol–water partition coefficient (Wildman–Crippen LogP) is 6.28. The molecule has 170 valence electrons. The van der Waals surface area contributed by atoms with Crippen molar-refractivity contribution in [2.75, 3.05) is 13.7 Å². The van der Waals surface area contributed by atoms with Gasteiger partial charge in [-0.2, -0.15) is 0 Å². The first-order chi connectivity index (χ1) is 15.5. The summed E-state index contributed by atoms with van der Waals surface area (Å²) in [5.41, 5.74) is 5.48. The van der Waals surface area contributed by atoms with Crippen LogP contribution in [0.4, 0.5) is 0 Å². The summed E-state index contributed by atoms with van der Waals surface area (Å²) in [7, 11) is 1.68. The molecule has 0 atom stereocenters. The van der Waals surface area contributed by atoms with Crippen LogP contribution in [-0.4, -0.2) is 24.7 Å². The summed E-state index contributed by atoms with van der Waals surface area (Å²) < 4.78 is 5.30. The van der Waals surface area contributed by atoms with E-state index in [-0.39, 0.29) is 12.4 Å². The molecule has 0 radical (unpaired) electrons. The second kappa shape index (κ2) is 11.0. The Balaban J connectivity index is 0.00000306. The quantitative estimate of drug-likeness (QED) is 0.303. The van der Waals surface area contributed by atoms with Crippen molar-refractivity contribution >= 4 is 29.1 Å². The highest BCUT2D eigenvalue weighted by Crippen LogP contribution is 2.31. The molecule has 4 aromatic carbocycles. The first-order valence-corrected chi connectivity index (χ1v) is 10.7. The maximum atomic E-state index is 11.6. The maximum Gasteiger partial charge on any atom is 0.335 e. The number of carbonyl (C=O) groups is 1. The van der Waals surface area contributed by atoms with Gasteiger partial charge in [0.15, 0.2) is 0 Å². The third-order valence-electron chi connectivity index (χ3n) is 5.75. The highest BCUT2D eigenvalue weighted by Gasteiger charge is 2.12. The number of halogens is 1. The summed E-state index contributed by atoms with van der Waals surface area (Å²) in [6.45, 7) is 3.41. The van der Waals surface area contributed by atoms with E-state index in [1.54, 1.807) is 13.2 Å². The lowest BCUT2D eigenvalue weighted by atomic mass is 9.93. The summed E-state index contributed by atoms with van der Waals surface area (Å²) in [6, 6.07) is 26.4. The van der Waals surface area contributed by atoms with Gasteiger partial charge in [0.2, 0.25) is 0 Å². The van der Waals surface area contributed by atoms with E-state index in [0.717, 1.165) is 52.7 Å². The lowest BCUT2D eigenvalue weighted by Gasteiger charge is -2.13. The number of methoxy groups -OCH3 is 1. The van der Waals surface area contributed by atoms with E-state index in [2.05, 4.69) is 41.7 Å². The normalized spacial score (nSPS) is 10.6. The first-order valence-electron chi connectivity index (χ1n) is 10.7. The van der Waals surface area contributed by atoms with Crippen LogP contribution in [0.3, 0.4) is 0 Å². The molecule has 0 saturated heterocycles. The van der Waals surface area contributed by atoms with Crippen LogP contribution in [-0.2, 0) is 13.0 Å². The monoisotopic (exact) mass is 461 g/mol. The molecule has 33 heavy (non-hydrogen) atoms. The lowest BCUT2D eigenvalue weighted by Crippen LogP contribution is -2.16. The highest BCUT2D eigenvalue weighted by molar-refractivity contribution is 5.99. The summed E-state index contributed by atoms with van der Waals surface area (Å²) in [5, 5.41) is 15.4. The minimum atomic E-state index is -0.899. The van der Waals surface area contributed by atoms with Gasteiger partial charge in [0.05, 0.1) is 12.7 Å². The maximum absolute atomic E-state index is 11.6. The van der Waals surface area contributed by atoms with Gasteiger partial charge in [-0.05, 0) is 88.8 Å². The number of ether oxygens (including phenoxy) is 1. The van der Waals surface area contributed by atoms with Crippen molar-refractivity contribution in [1.29, 1.82) is 0 Å². The molecule has 0 unspecified atom stereocenters. The standard InChI is InChI=1S/C28H27NO3.ClH/c1-19-10-11-23(17-26(19)28(30)31)27-16-21(14-22-7-3-4-9-25(22)27)18-29-13-12-20-6-5-8-24(15-20)32-2;/h3-11,14-17,29H,12-13,18H2,1-2H3,(H,30,31);1H. The Morgan fingerprint density at radius 3 is 2.55 bits per heavy atom. The van der Waals surface area contributed by atoms with E-state index < -0.39 is 5.97 Å². The van der Waals surface area contributed by atoms with Gasteiger partial charge in [-0.3, -0.25) is 0 Å². The molecular formula is C28H28ClNO3. The van der Waals surface area contributed by atoms with E-state index in [1.807, 2.05) is 43.3 Å². The van der Waals surface area contributed by atoms with Crippen LogP contribution in [0, 0.1) is 6.92 Å². The minimum absolute atomic E-state index is 0. The number of hydrogen-bond acceptors (Lipinski definition) is 3. The fourth-order valence-corrected chi connectivity index (χ4v) is 4.03. The molecule has 0 fully saturated rings. The number of aryl methyl sites for hydroxylation is 1. The number of benzene rings is 4. The number of fused-ring (bicyclic) bond motifs is 1. The molecule has 4 aromatic rings. The Labute approximate surface area is 200 Å². The van der Waals surface area contributed by atoms with Gasteiger partial charge in [0.1, 0.15) is 5.75 Å². The molecule has 5 heteroatoms. The Hall–Kier alpha value is -3.34. The number of nitrogens with one attached hydrogen (secondary N) is 1. The Kier molecular flexibility index (Phi) is 8.10. The average Bonchev–Trinajstić information content (AvgIpc) is 2.81. The highest BCUT2D eigenvalue weighted by atomic mass is 35.5. The first kappa shape index (κ1) is 24.3. The fraction of sp³-hybridized carbons (Fsp3) is 0.179. The topological polar surface area (TPSA) is 58.6 Å². The molecule has 0 bridgehead atoms. The molecule has 4 rings (SSSR count). The van der Waals surface area contributed by atoms with Crippen LogP contribution in [0.5, 0.6) is 5.75 Å². The molecule has 0 amide bonds. The molecule has 0 heterocycles. The second-order valence-corrected chi connectivity index (χ2v) is 7.98. The Morgan fingerprint density at radius 1 is 0.939 bits per heavy atom. The molecule has 2 N–H and O–H groups in total. The lowest BCUT2D eigenvalue weighted by molar-refractivity contribution is 0.0696. The average molecular weight is 462 g/mol. The molecule has 0 aromatic heterocycles. The SMILES string of the molecule is COc1cccc(CCNCc2cc(-c3ccc(C)c(C(=O)O)c3)c3ccccc3c2)c1.Cl. The van der Waals surface area contributed by atoms with Crippen molar-refractivity contribution in [3.63, 3.8) is 0 Å². The molecule has 0 saturated carbocycles. The van der Waals surface area contributed by atoms with Crippen molar-refractivity contribution in [2.45, 2.75) is 19.9 Å². The van der Waals surface area contributed by atoms with Crippen LogP contribution in [0.25, 0.3) is 21.9 Å². The predicted molar refractivity (Wildman–Crippen MR) is 137 cm³/mol. The molecule has 0 aliphatic carbocycles. The number of carboxylic acid groups (broad SMARTS) is 1. The zero-order valence-corrected chi connectivity index (χ0v) is 19.6. The van der Waals surface area contributed by atoms with Gasteiger partial charge in [-0.15, -0.1) is 12.4 Å². The van der Waals surface area contributed by atoms with Crippen molar-refractivity contribution in [2.24, 2.45) is 0 Å². The third-order valence-corrected chi connectivity index (χ3v) is 5.75. The van der Waals surface area contributed by atoms with E-state index in [9.17, 15) is 9.90 Å². The summed E-state index contributed by atoms with van der Waals surface area (Å²) >= 11 is 0.